The molecule has 110 valence electrons. The van der Waals surface area contributed by atoms with Crippen LogP contribution in [-0.4, -0.2) is 33.4 Å². The van der Waals surface area contributed by atoms with Crippen molar-refractivity contribution in [2.75, 3.05) is 33.4 Å². The van der Waals surface area contributed by atoms with Crippen LogP contribution in [0.3, 0.4) is 0 Å². The molecule has 1 aliphatic rings. The normalized spacial score (nSPS) is 16.8. The fourth-order valence-corrected chi connectivity index (χ4v) is 2.41. The van der Waals surface area contributed by atoms with Crippen LogP contribution < -0.4 is 5.32 Å². The topological polar surface area (TPSA) is 30.5 Å². The van der Waals surface area contributed by atoms with Gasteiger partial charge in [-0.25, -0.2) is 0 Å². The molecular weight excluding hydrogens is 250 g/mol. The Hall–Kier alpha value is -1.16. The number of nitrogens with one attached hydrogen (secondary N) is 1. The summed E-state index contributed by atoms with van der Waals surface area (Å²) in [6.07, 6.45) is 3.39. The predicted molar refractivity (Wildman–Crippen MR) is 82.6 cm³/mol. The minimum Gasteiger partial charge on any atom is -0.384 e. The monoisotopic (exact) mass is 275 g/mol. The Morgan fingerprint density at radius 1 is 1.20 bits per heavy atom. The first-order chi connectivity index (χ1) is 9.79. The zero-order valence-corrected chi connectivity index (χ0v) is 12.5. The molecule has 0 fully saturated rings. The summed E-state index contributed by atoms with van der Waals surface area (Å²) in [4.78, 5) is 0. The smallest absolute Gasteiger partial charge is 0.0717 e. The van der Waals surface area contributed by atoms with E-state index in [2.05, 4.69) is 42.6 Å². The van der Waals surface area contributed by atoms with Crippen LogP contribution in [0.1, 0.15) is 24.5 Å². The highest BCUT2D eigenvalue weighted by Gasteiger charge is 2.06. The van der Waals surface area contributed by atoms with Crippen molar-refractivity contribution in [1.82, 2.24) is 5.32 Å². The van der Waals surface area contributed by atoms with Gasteiger partial charge in [0, 0.05) is 19.6 Å². The molecule has 0 amide bonds. The summed E-state index contributed by atoms with van der Waals surface area (Å²) in [5, 5.41) is 3.34. The molecule has 1 aromatic carbocycles. The van der Waals surface area contributed by atoms with Crippen molar-refractivity contribution < 1.29 is 9.47 Å². The SMILES string of the molecule is COC[C@H](C)COCc1ccc(C2=CCNCC2)cc1. The van der Waals surface area contributed by atoms with Gasteiger partial charge in [0.1, 0.15) is 0 Å². The van der Waals surface area contributed by atoms with E-state index in [1.165, 1.54) is 16.7 Å². The molecule has 3 heteroatoms. The molecule has 2 rings (SSSR count). The molecule has 0 spiro atoms. The van der Waals surface area contributed by atoms with Crippen molar-refractivity contribution in [1.29, 1.82) is 0 Å². The summed E-state index contributed by atoms with van der Waals surface area (Å²) in [7, 11) is 1.73. The van der Waals surface area contributed by atoms with Gasteiger partial charge in [0.2, 0.25) is 0 Å². The van der Waals surface area contributed by atoms with Crippen LogP contribution in [0.25, 0.3) is 5.57 Å². The third-order valence-corrected chi connectivity index (χ3v) is 3.51. The van der Waals surface area contributed by atoms with Gasteiger partial charge in [-0.05, 0) is 29.7 Å². The Morgan fingerprint density at radius 2 is 2.00 bits per heavy atom. The third kappa shape index (κ3) is 4.75. The lowest BCUT2D eigenvalue weighted by Gasteiger charge is -2.15. The lowest BCUT2D eigenvalue weighted by molar-refractivity contribution is 0.0561. The van der Waals surface area contributed by atoms with Crippen LogP contribution in [0.15, 0.2) is 30.3 Å². The first-order valence-electron chi connectivity index (χ1n) is 7.35. The number of rotatable bonds is 7. The minimum atomic E-state index is 0.444. The van der Waals surface area contributed by atoms with Gasteiger partial charge in [-0.3, -0.25) is 0 Å². The fraction of sp³-hybridized carbons (Fsp3) is 0.529. The maximum absolute atomic E-state index is 5.71. The molecule has 20 heavy (non-hydrogen) atoms. The third-order valence-electron chi connectivity index (χ3n) is 3.51. The van der Waals surface area contributed by atoms with Gasteiger partial charge in [0.05, 0.1) is 19.8 Å². The number of hydrogen-bond donors (Lipinski definition) is 1. The molecule has 0 bridgehead atoms. The molecule has 0 aliphatic carbocycles. The molecule has 1 aromatic rings. The Labute approximate surface area is 122 Å². The highest BCUT2D eigenvalue weighted by molar-refractivity contribution is 5.66. The molecule has 1 aliphatic heterocycles. The van der Waals surface area contributed by atoms with E-state index in [1.807, 2.05) is 0 Å². The predicted octanol–water partition coefficient (Wildman–Crippen LogP) is 2.86. The van der Waals surface area contributed by atoms with Gasteiger partial charge in [0.15, 0.2) is 0 Å². The quantitative estimate of drug-likeness (QED) is 0.830. The molecule has 0 unspecified atom stereocenters. The summed E-state index contributed by atoms with van der Waals surface area (Å²) < 4.78 is 10.8. The molecule has 0 radical (unpaired) electrons. The van der Waals surface area contributed by atoms with Gasteiger partial charge in [-0.2, -0.15) is 0 Å². The average molecular weight is 275 g/mol. The summed E-state index contributed by atoms with van der Waals surface area (Å²) in [6, 6.07) is 8.74. The van der Waals surface area contributed by atoms with Crippen molar-refractivity contribution in [3.8, 4) is 0 Å². The highest BCUT2D eigenvalue weighted by atomic mass is 16.5. The van der Waals surface area contributed by atoms with E-state index in [-0.39, 0.29) is 0 Å². The van der Waals surface area contributed by atoms with Crippen LogP contribution in [0.2, 0.25) is 0 Å². The number of ether oxygens (including phenoxy) is 2. The molecule has 0 aromatic heterocycles. The van der Waals surface area contributed by atoms with E-state index in [9.17, 15) is 0 Å². The minimum absolute atomic E-state index is 0.444. The number of benzene rings is 1. The van der Waals surface area contributed by atoms with E-state index >= 15 is 0 Å². The zero-order valence-electron chi connectivity index (χ0n) is 12.5. The summed E-state index contributed by atoms with van der Waals surface area (Å²) in [5.41, 5.74) is 4.01. The van der Waals surface area contributed by atoms with Crippen molar-refractivity contribution in [2.45, 2.75) is 20.0 Å². The summed E-state index contributed by atoms with van der Waals surface area (Å²) >= 11 is 0. The molecule has 1 N–H and O–H groups in total. The molecule has 1 heterocycles. The lowest BCUT2D eigenvalue weighted by Crippen LogP contribution is -2.19. The molecule has 0 saturated carbocycles. The van der Waals surface area contributed by atoms with Crippen molar-refractivity contribution in [2.24, 2.45) is 5.92 Å². The highest BCUT2D eigenvalue weighted by Crippen LogP contribution is 2.20. The summed E-state index contributed by atoms with van der Waals surface area (Å²) in [6.45, 7) is 6.37. The maximum Gasteiger partial charge on any atom is 0.0717 e. The summed E-state index contributed by atoms with van der Waals surface area (Å²) in [5.74, 6) is 0.444. The van der Waals surface area contributed by atoms with Crippen LogP contribution in [0, 0.1) is 5.92 Å². The molecule has 1 atom stereocenters. The van der Waals surface area contributed by atoms with E-state index in [0.717, 1.165) is 32.7 Å². The van der Waals surface area contributed by atoms with Crippen molar-refractivity contribution in [3.05, 3.63) is 41.5 Å². The molecule has 0 saturated heterocycles. The average Bonchev–Trinajstić information content (AvgIpc) is 2.49. The first-order valence-corrected chi connectivity index (χ1v) is 7.35. The second-order valence-electron chi connectivity index (χ2n) is 5.46. The Bertz CT molecular complexity index is 425. The van der Waals surface area contributed by atoms with Gasteiger partial charge < -0.3 is 14.8 Å². The van der Waals surface area contributed by atoms with Gasteiger partial charge in [0.25, 0.3) is 0 Å². The van der Waals surface area contributed by atoms with Crippen LogP contribution in [-0.2, 0) is 16.1 Å². The van der Waals surface area contributed by atoms with Crippen molar-refractivity contribution >= 4 is 5.57 Å². The van der Waals surface area contributed by atoms with Crippen LogP contribution >= 0.6 is 0 Å². The van der Waals surface area contributed by atoms with E-state index < -0.39 is 0 Å². The van der Waals surface area contributed by atoms with E-state index in [4.69, 9.17) is 9.47 Å². The second kappa shape index (κ2) is 8.20. The van der Waals surface area contributed by atoms with Gasteiger partial charge in [-0.15, -0.1) is 0 Å². The van der Waals surface area contributed by atoms with Gasteiger partial charge >= 0.3 is 0 Å². The lowest BCUT2D eigenvalue weighted by atomic mass is 9.99. The zero-order chi connectivity index (χ0) is 14.2. The molecular formula is C17H25NO2. The maximum atomic E-state index is 5.71. The van der Waals surface area contributed by atoms with Gasteiger partial charge in [-0.1, -0.05) is 37.3 Å². The van der Waals surface area contributed by atoms with E-state index in [0.29, 0.717) is 12.5 Å². The first kappa shape index (κ1) is 15.2. The number of methoxy groups -OCH3 is 1. The standard InChI is InChI=1S/C17H25NO2/c1-14(11-19-2)12-20-13-15-3-5-16(6-4-15)17-7-9-18-10-8-17/h3-7,14,18H,8-13H2,1-2H3/t14-/m0/s1. The Kier molecular flexibility index (Phi) is 6.25. The van der Waals surface area contributed by atoms with E-state index in [1.54, 1.807) is 7.11 Å². The Morgan fingerprint density at radius 3 is 2.65 bits per heavy atom. The van der Waals surface area contributed by atoms with Crippen LogP contribution in [0.5, 0.6) is 0 Å². The fourth-order valence-electron chi connectivity index (χ4n) is 2.41. The van der Waals surface area contributed by atoms with Crippen LogP contribution in [0.4, 0.5) is 0 Å². The molecule has 3 nitrogen and oxygen atoms in total. The Balaban J connectivity index is 1.81. The second-order valence-corrected chi connectivity index (χ2v) is 5.46. The number of hydrogen-bond acceptors (Lipinski definition) is 3. The largest absolute Gasteiger partial charge is 0.384 e. The van der Waals surface area contributed by atoms with Crippen molar-refractivity contribution in [3.63, 3.8) is 0 Å².